The van der Waals surface area contributed by atoms with Gasteiger partial charge in [-0.15, -0.1) is 0 Å². The maximum absolute atomic E-state index is 12.8. The summed E-state index contributed by atoms with van der Waals surface area (Å²) in [6, 6.07) is 5.86. The molecule has 0 bridgehead atoms. The highest BCUT2D eigenvalue weighted by atomic mass is 19.4. The van der Waals surface area contributed by atoms with Crippen molar-refractivity contribution in [3.63, 3.8) is 0 Å². The number of H-pyrrole nitrogens is 1. The molecule has 0 radical (unpaired) electrons. The lowest BCUT2D eigenvalue weighted by atomic mass is 10.2. The molecule has 8 heteroatoms. The van der Waals surface area contributed by atoms with Crippen LogP contribution in [-0.4, -0.2) is 21.1 Å². The zero-order valence-electron chi connectivity index (χ0n) is 10.3. The lowest BCUT2D eigenvalue weighted by Crippen LogP contribution is -2.15. The number of hydrogen-bond acceptors (Lipinski definition) is 3. The number of aromatic nitrogens is 2. The van der Waals surface area contributed by atoms with E-state index in [1.807, 2.05) is 5.10 Å². The molecule has 5 nitrogen and oxygen atoms in total. The zero-order valence-corrected chi connectivity index (χ0v) is 10.3. The maximum atomic E-state index is 12.8. The standard InChI is InChI=1S/C12H10F3N3O2/c1-18-11(20)7(10(17-18)12(13,14)15)6-16-8-4-2-3-5-9(8)19/h2-6,17,19H,1H3. The van der Waals surface area contributed by atoms with Crippen LogP contribution in [-0.2, 0) is 13.2 Å². The maximum Gasteiger partial charge on any atom is 0.433 e. The number of benzene rings is 1. The normalized spacial score (nSPS) is 12.2. The monoisotopic (exact) mass is 285 g/mol. The average Bonchev–Trinajstić information content (AvgIpc) is 2.65. The Morgan fingerprint density at radius 2 is 2.00 bits per heavy atom. The molecule has 20 heavy (non-hydrogen) atoms. The van der Waals surface area contributed by atoms with E-state index in [0.717, 1.165) is 10.9 Å². The van der Waals surface area contributed by atoms with Gasteiger partial charge in [0.2, 0.25) is 0 Å². The van der Waals surface area contributed by atoms with Gasteiger partial charge in [0.25, 0.3) is 5.56 Å². The summed E-state index contributed by atoms with van der Waals surface area (Å²) in [6.07, 6.45) is -3.91. The summed E-state index contributed by atoms with van der Waals surface area (Å²) < 4.78 is 39.0. The van der Waals surface area contributed by atoms with Gasteiger partial charge in [-0.05, 0) is 12.1 Å². The Labute approximate surface area is 111 Å². The Hall–Kier alpha value is -2.51. The second-order valence-corrected chi connectivity index (χ2v) is 4.01. The van der Waals surface area contributed by atoms with Gasteiger partial charge in [0, 0.05) is 13.3 Å². The van der Waals surface area contributed by atoms with Gasteiger partial charge >= 0.3 is 6.18 Å². The number of aromatic amines is 1. The van der Waals surface area contributed by atoms with Crippen LogP contribution in [0.3, 0.4) is 0 Å². The number of nitrogens with zero attached hydrogens (tertiary/aromatic N) is 2. The average molecular weight is 285 g/mol. The topological polar surface area (TPSA) is 70.4 Å². The molecule has 0 saturated heterocycles. The van der Waals surface area contributed by atoms with E-state index in [4.69, 9.17) is 0 Å². The summed E-state index contributed by atoms with van der Waals surface area (Å²) in [6.45, 7) is 0. The van der Waals surface area contributed by atoms with Gasteiger partial charge in [-0.3, -0.25) is 19.6 Å². The van der Waals surface area contributed by atoms with Crippen LogP contribution < -0.4 is 5.56 Å². The molecule has 0 amide bonds. The SMILES string of the molecule is Cn1[nH]c(C(F)(F)F)c(C=Nc2ccccc2O)c1=O. The molecule has 106 valence electrons. The highest BCUT2D eigenvalue weighted by molar-refractivity contribution is 5.83. The minimum absolute atomic E-state index is 0.0730. The van der Waals surface area contributed by atoms with E-state index in [9.17, 15) is 23.1 Å². The number of para-hydroxylation sites is 2. The number of aliphatic imine (C=N–C) groups is 1. The van der Waals surface area contributed by atoms with Gasteiger partial charge in [-0.25, -0.2) is 0 Å². The van der Waals surface area contributed by atoms with Gasteiger partial charge in [0.05, 0.1) is 5.56 Å². The number of hydrogen-bond donors (Lipinski definition) is 2. The third-order valence-corrected chi connectivity index (χ3v) is 2.58. The first-order valence-electron chi connectivity index (χ1n) is 5.49. The van der Waals surface area contributed by atoms with E-state index in [0.29, 0.717) is 0 Å². The van der Waals surface area contributed by atoms with Gasteiger partial charge in [0.1, 0.15) is 11.4 Å². The minimum atomic E-state index is -4.69. The molecule has 0 aliphatic carbocycles. The van der Waals surface area contributed by atoms with Crippen molar-refractivity contribution in [1.82, 2.24) is 9.78 Å². The van der Waals surface area contributed by atoms with Crippen molar-refractivity contribution in [2.45, 2.75) is 6.18 Å². The molecule has 0 fully saturated rings. The molecular weight excluding hydrogens is 275 g/mol. The molecule has 1 aromatic carbocycles. The van der Waals surface area contributed by atoms with Crippen molar-refractivity contribution in [3.05, 3.63) is 45.9 Å². The Bertz CT molecular complexity index is 713. The van der Waals surface area contributed by atoms with Gasteiger partial charge in [0.15, 0.2) is 5.69 Å². The van der Waals surface area contributed by atoms with Crippen molar-refractivity contribution in [1.29, 1.82) is 0 Å². The molecule has 0 unspecified atom stereocenters. The second-order valence-electron chi connectivity index (χ2n) is 4.01. The zero-order chi connectivity index (χ0) is 14.9. The summed E-state index contributed by atoms with van der Waals surface area (Å²) in [5.41, 5.74) is -2.56. The fraction of sp³-hybridized carbons (Fsp3) is 0.167. The third kappa shape index (κ3) is 2.58. The van der Waals surface area contributed by atoms with Gasteiger partial charge in [-0.1, -0.05) is 12.1 Å². The van der Waals surface area contributed by atoms with Crippen LogP contribution in [0.1, 0.15) is 11.3 Å². The van der Waals surface area contributed by atoms with Crippen molar-refractivity contribution >= 4 is 11.9 Å². The molecule has 0 spiro atoms. The van der Waals surface area contributed by atoms with E-state index in [1.165, 1.54) is 19.2 Å². The summed E-state index contributed by atoms with van der Waals surface area (Å²) in [4.78, 5) is 15.3. The lowest BCUT2D eigenvalue weighted by molar-refractivity contribution is -0.141. The predicted molar refractivity (Wildman–Crippen MR) is 66.4 cm³/mol. The van der Waals surface area contributed by atoms with Gasteiger partial charge < -0.3 is 5.11 Å². The molecule has 2 N–H and O–H groups in total. The first-order valence-corrected chi connectivity index (χ1v) is 5.49. The van der Waals surface area contributed by atoms with E-state index in [1.54, 1.807) is 12.1 Å². The fourth-order valence-electron chi connectivity index (χ4n) is 1.61. The Morgan fingerprint density at radius 1 is 1.35 bits per heavy atom. The largest absolute Gasteiger partial charge is 0.506 e. The van der Waals surface area contributed by atoms with E-state index < -0.39 is 23.0 Å². The quantitative estimate of drug-likeness (QED) is 0.830. The number of alkyl halides is 3. The van der Waals surface area contributed by atoms with Crippen molar-refractivity contribution in [2.24, 2.45) is 12.0 Å². The number of rotatable bonds is 2. The Morgan fingerprint density at radius 3 is 2.60 bits per heavy atom. The van der Waals surface area contributed by atoms with Crippen molar-refractivity contribution < 1.29 is 18.3 Å². The number of phenols is 1. The second kappa shape index (κ2) is 4.87. The lowest BCUT2D eigenvalue weighted by Gasteiger charge is -2.03. The van der Waals surface area contributed by atoms with E-state index in [-0.39, 0.29) is 11.4 Å². The summed E-state index contributed by atoms with van der Waals surface area (Å²) in [7, 11) is 1.18. The first-order chi connectivity index (χ1) is 9.30. The molecule has 2 rings (SSSR count). The molecule has 2 aromatic rings. The molecule has 0 aliphatic heterocycles. The van der Waals surface area contributed by atoms with Crippen LogP contribution in [0.15, 0.2) is 34.1 Å². The van der Waals surface area contributed by atoms with Crippen LogP contribution in [0.4, 0.5) is 18.9 Å². The number of phenolic OH excluding ortho intramolecular Hbond substituents is 1. The molecule has 1 heterocycles. The van der Waals surface area contributed by atoms with Crippen LogP contribution >= 0.6 is 0 Å². The van der Waals surface area contributed by atoms with Crippen molar-refractivity contribution in [2.75, 3.05) is 0 Å². The number of halogens is 3. The van der Waals surface area contributed by atoms with E-state index in [2.05, 4.69) is 4.99 Å². The minimum Gasteiger partial charge on any atom is -0.506 e. The van der Waals surface area contributed by atoms with E-state index >= 15 is 0 Å². The third-order valence-electron chi connectivity index (χ3n) is 2.58. The number of aromatic hydroxyl groups is 1. The smallest absolute Gasteiger partial charge is 0.433 e. The fourth-order valence-corrected chi connectivity index (χ4v) is 1.61. The van der Waals surface area contributed by atoms with Crippen molar-refractivity contribution in [3.8, 4) is 5.75 Å². The number of nitrogens with one attached hydrogen (secondary N) is 1. The molecule has 1 aromatic heterocycles. The van der Waals surface area contributed by atoms with Crippen LogP contribution in [0.5, 0.6) is 5.75 Å². The first kappa shape index (κ1) is 13.9. The van der Waals surface area contributed by atoms with Gasteiger partial charge in [-0.2, -0.15) is 13.2 Å². The Balaban J connectivity index is 2.49. The highest BCUT2D eigenvalue weighted by Gasteiger charge is 2.37. The molecule has 0 atom stereocenters. The molecular formula is C12H10F3N3O2. The highest BCUT2D eigenvalue weighted by Crippen LogP contribution is 2.29. The number of aryl methyl sites for hydroxylation is 1. The Kier molecular flexibility index (Phi) is 3.39. The molecule has 0 aliphatic rings. The summed E-state index contributed by atoms with van der Waals surface area (Å²) in [5.74, 6) is -0.190. The summed E-state index contributed by atoms with van der Waals surface area (Å²) >= 11 is 0. The van der Waals surface area contributed by atoms with Crippen LogP contribution in [0, 0.1) is 0 Å². The summed E-state index contributed by atoms with van der Waals surface area (Å²) in [5, 5.41) is 11.4. The molecule has 0 saturated carbocycles. The van der Waals surface area contributed by atoms with Crippen LogP contribution in [0.25, 0.3) is 0 Å². The van der Waals surface area contributed by atoms with Crippen LogP contribution in [0.2, 0.25) is 0 Å². The predicted octanol–water partition coefficient (Wildman–Crippen LogP) is 2.19.